The summed E-state index contributed by atoms with van der Waals surface area (Å²) >= 11 is 0. The molecule has 108 valence electrons. The van der Waals surface area contributed by atoms with Crippen molar-refractivity contribution in [3.63, 3.8) is 0 Å². The predicted molar refractivity (Wildman–Crippen MR) is 77.4 cm³/mol. The lowest BCUT2D eigenvalue weighted by atomic mass is 10.1. The first-order valence-corrected chi connectivity index (χ1v) is 7.45. The second-order valence-corrected chi connectivity index (χ2v) is 5.69. The highest BCUT2D eigenvalue weighted by Gasteiger charge is 2.24. The maximum absolute atomic E-state index is 5.90. The van der Waals surface area contributed by atoms with Gasteiger partial charge in [-0.15, -0.1) is 0 Å². The molecule has 2 heterocycles. The third-order valence-electron chi connectivity index (χ3n) is 4.08. The number of aryl methyl sites for hydroxylation is 1. The van der Waals surface area contributed by atoms with Gasteiger partial charge in [0.05, 0.1) is 24.4 Å². The van der Waals surface area contributed by atoms with E-state index in [0.717, 1.165) is 25.2 Å². The summed E-state index contributed by atoms with van der Waals surface area (Å²) in [6.45, 7) is 12.6. The maximum Gasteiger partial charge on any atom is 0.0775 e. The van der Waals surface area contributed by atoms with E-state index >= 15 is 0 Å². The van der Waals surface area contributed by atoms with Gasteiger partial charge in [-0.05, 0) is 47.1 Å². The lowest BCUT2D eigenvalue weighted by Gasteiger charge is -2.15. The van der Waals surface area contributed by atoms with E-state index < -0.39 is 0 Å². The summed E-state index contributed by atoms with van der Waals surface area (Å²) in [5.41, 5.74) is 3.75. The van der Waals surface area contributed by atoms with Crippen LogP contribution in [0.3, 0.4) is 0 Å². The van der Waals surface area contributed by atoms with Crippen molar-refractivity contribution in [2.75, 3.05) is 6.54 Å². The molecular weight excluding hydrogens is 238 g/mol. The molecule has 1 aromatic heterocycles. The van der Waals surface area contributed by atoms with Crippen molar-refractivity contribution in [3.05, 3.63) is 17.0 Å². The Balaban J connectivity index is 2.12. The van der Waals surface area contributed by atoms with Crippen LogP contribution in [0.2, 0.25) is 0 Å². The predicted octanol–water partition coefficient (Wildman–Crippen LogP) is 2.74. The van der Waals surface area contributed by atoms with Crippen LogP contribution in [0, 0.1) is 13.8 Å². The molecule has 1 aliphatic rings. The van der Waals surface area contributed by atoms with Crippen molar-refractivity contribution in [2.45, 2.75) is 72.3 Å². The van der Waals surface area contributed by atoms with Crippen LogP contribution in [0.15, 0.2) is 0 Å². The summed E-state index contributed by atoms with van der Waals surface area (Å²) in [4.78, 5) is 0. The lowest BCUT2D eigenvalue weighted by molar-refractivity contribution is 0.0432. The lowest BCUT2D eigenvalue weighted by Crippen LogP contribution is -2.20. The van der Waals surface area contributed by atoms with Gasteiger partial charge in [0.25, 0.3) is 0 Å². The van der Waals surface area contributed by atoms with Gasteiger partial charge in [-0.3, -0.25) is 4.68 Å². The van der Waals surface area contributed by atoms with Crippen molar-refractivity contribution in [1.82, 2.24) is 15.1 Å². The monoisotopic (exact) mass is 265 g/mol. The molecule has 3 atom stereocenters. The minimum Gasteiger partial charge on any atom is -0.373 e. The molecule has 0 bridgehead atoms. The van der Waals surface area contributed by atoms with E-state index in [0.29, 0.717) is 18.2 Å². The van der Waals surface area contributed by atoms with Crippen LogP contribution >= 0.6 is 0 Å². The van der Waals surface area contributed by atoms with E-state index in [2.05, 4.69) is 44.6 Å². The van der Waals surface area contributed by atoms with Crippen molar-refractivity contribution in [2.24, 2.45) is 0 Å². The molecule has 1 aliphatic heterocycles. The third-order valence-corrected chi connectivity index (χ3v) is 4.08. The molecular formula is C15H27N3O. The summed E-state index contributed by atoms with van der Waals surface area (Å²) in [5.74, 6) is 0. The van der Waals surface area contributed by atoms with E-state index in [1.165, 1.54) is 17.7 Å². The van der Waals surface area contributed by atoms with Crippen molar-refractivity contribution >= 4 is 0 Å². The van der Waals surface area contributed by atoms with Crippen LogP contribution < -0.4 is 5.32 Å². The second-order valence-electron chi connectivity index (χ2n) is 5.69. The topological polar surface area (TPSA) is 39.1 Å². The fourth-order valence-electron chi connectivity index (χ4n) is 3.14. The Hall–Kier alpha value is -0.870. The van der Waals surface area contributed by atoms with Gasteiger partial charge in [0.2, 0.25) is 0 Å². The minimum absolute atomic E-state index is 0.329. The standard InChI is InChI=1S/C15H27N3O/c1-6-16-11(3)15-12(4)17-18(13(15)5)9-14-8-7-10(2)19-14/h10-11,14,16H,6-9H2,1-5H3. The summed E-state index contributed by atoms with van der Waals surface area (Å²) < 4.78 is 8.03. The molecule has 1 saturated heterocycles. The van der Waals surface area contributed by atoms with Crippen molar-refractivity contribution < 1.29 is 4.74 Å². The molecule has 4 heteroatoms. The highest BCUT2D eigenvalue weighted by molar-refractivity contribution is 5.27. The molecule has 3 unspecified atom stereocenters. The second kappa shape index (κ2) is 6.06. The molecule has 2 rings (SSSR count). The highest BCUT2D eigenvalue weighted by Crippen LogP contribution is 2.24. The molecule has 1 fully saturated rings. The fraction of sp³-hybridized carbons (Fsp3) is 0.800. The van der Waals surface area contributed by atoms with Gasteiger partial charge in [0.15, 0.2) is 0 Å². The van der Waals surface area contributed by atoms with Gasteiger partial charge in [0, 0.05) is 17.3 Å². The number of nitrogens with one attached hydrogen (secondary N) is 1. The first kappa shape index (κ1) is 14.5. The molecule has 0 saturated carbocycles. The number of aromatic nitrogens is 2. The maximum atomic E-state index is 5.90. The Bertz CT molecular complexity index is 427. The highest BCUT2D eigenvalue weighted by atomic mass is 16.5. The van der Waals surface area contributed by atoms with E-state index in [-0.39, 0.29) is 0 Å². The Morgan fingerprint density at radius 1 is 1.42 bits per heavy atom. The Morgan fingerprint density at radius 2 is 2.16 bits per heavy atom. The van der Waals surface area contributed by atoms with Crippen LogP contribution in [0.1, 0.15) is 56.6 Å². The van der Waals surface area contributed by atoms with Gasteiger partial charge in [-0.1, -0.05) is 6.92 Å². The molecule has 0 radical (unpaired) electrons. The number of ether oxygens (including phenoxy) is 1. The number of nitrogens with zero attached hydrogens (tertiary/aromatic N) is 2. The molecule has 19 heavy (non-hydrogen) atoms. The summed E-state index contributed by atoms with van der Waals surface area (Å²) in [6, 6.07) is 0.363. The fourth-order valence-corrected chi connectivity index (χ4v) is 3.14. The molecule has 0 amide bonds. The van der Waals surface area contributed by atoms with E-state index in [1.54, 1.807) is 0 Å². The zero-order valence-corrected chi connectivity index (χ0v) is 12.9. The molecule has 4 nitrogen and oxygen atoms in total. The van der Waals surface area contributed by atoms with Crippen molar-refractivity contribution in [3.8, 4) is 0 Å². The summed E-state index contributed by atoms with van der Waals surface area (Å²) in [7, 11) is 0. The van der Waals surface area contributed by atoms with Crippen LogP contribution in [0.25, 0.3) is 0 Å². The molecule has 0 aromatic carbocycles. The number of hydrogen-bond donors (Lipinski definition) is 1. The van der Waals surface area contributed by atoms with Crippen LogP contribution in [-0.4, -0.2) is 28.5 Å². The van der Waals surface area contributed by atoms with E-state index in [9.17, 15) is 0 Å². The molecule has 0 aliphatic carbocycles. The smallest absolute Gasteiger partial charge is 0.0775 e. The van der Waals surface area contributed by atoms with Gasteiger partial charge in [-0.25, -0.2) is 0 Å². The summed E-state index contributed by atoms with van der Waals surface area (Å²) in [6.07, 6.45) is 3.06. The normalized spacial score (nSPS) is 24.9. The summed E-state index contributed by atoms with van der Waals surface area (Å²) in [5, 5.41) is 8.17. The quantitative estimate of drug-likeness (QED) is 0.889. The van der Waals surface area contributed by atoms with Crippen molar-refractivity contribution in [1.29, 1.82) is 0 Å². The Kier molecular flexibility index (Phi) is 4.63. The Labute approximate surface area is 116 Å². The number of rotatable bonds is 5. The van der Waals surface area contributed by atoms with E-state index in [1.807, 2.05) is 0 Å². The Morgan fingerprint density at radius 3 is 2.74 bits per heavy atom. The van der Waals surface area contributed by atoms with Gasteiger partial charge in [-0.2, -0.15) is 5.10 Å². The molecule has 1 N–H and O–H groups in total. The first-order chi connectivity index (χ1) is 9.02. The first-order valence-electron chi connectivity index (χ1n) is 7.45. The zero-order valence-electron chi connectivity index (χ0n) is 12.9. The molecule has 1 aromatic rings. The van der Waals surface area contributed by atoms with Gasteiger partial charge < -0.3 is 10.1 Å². The average Bonchev–Trinajstić information content (AvgIpc) is 2.85. The largest absolute Gasteiger partial charge is 0.373 e. The zero-order chi connectivity index (χ0) is 14.0. The number of hydrogen-bond acceptors (Lipinski definition) is 3. The molecule has 0 spiro atoms. The van der Waals surface area contributed by atoms with Crippen LogP contribution in [0.4, 0.5) is 0 Å². The van der Waals surface area contributed by atoms with Crippen LogP contribution in [-0.2, 0) is 11.3 Å². The SMILES string of the molecule is CCNC(C)c1c(C)nn(CC2CCC(C)O2)c1C. The minimum atomic E-state index is 0.329. The van der Waals surface area contributed by atoms with Crippen LogP contribution in [0.5, 0.6) is 0 Å². The van der Waals surface area contributed by atoms with E-state index in [4.69, 9.17) is 9.84 Å². The third kappa shape index (κ3) is 3.18. The van der Waals surface area contributed by atoms with Gasteiger partial charge in [0.1, 0.15) is 0 Å². The average molecular weight is 265 g/mol. The van der Waals surface area contributed by atoms with Gasteiger partial charge >= 0.3 is 0 Å².